The van der Waals surface area contributed by atoms with E-state index in [1.54, 1.807) is 24.3 Å². The van der Waals surface area contributed by atoms with Gasteiger partial charge in [0.25, 0.3) is 10.0 Å². The zero-order valence-corrected chi connectivity index (χ0v) is 23.5. The number of hydrogen-bond donors (Lipinski definition) is 0. The molecule has 9 heteroatoms. The van der Waals surface area contributed by atoms with Gasteiger partial charge in [0.15, 0.2) is 5.75 Å². The van der Waals surface area contributed by atoms with Crippen molar-refractivity contribution in [3.8, 4) is 17.0 Å². The van der Waals surface area contributed by atoms with E-state index in [-0.39, 0.29) is 4.90 Å². The van der Waals surface area contributed by atoms with Crippen LogP contribution in [0.5, 0.6) is 5.75 Å². The van der Waals surface area contributed by atoms with E-state index in [0.29, 0.717) is 40.0 Å². The maximum absolute atomic E-state index is 14.0. The molecule has 0 fully saturated rings. The Morgan fingerprint density at radius 3 is 2.21 bits per heavy atom. The van der Waals surface area contributed by atoms with Crippen LogP contribution < -0.4 is 4.74 Å². The van der Waals surface area contributed by atoms with Crippen LogP contribution in [0.4, 0.5) is 0 Å². The summed E-state index contributed by atoms with van der Waals surface area (Å²) in [5, 5.41) is 0.703. The molecule has 0 amide bonds. The van der Waals surface area contributed by atoms with Crippen molar-refractivity contribution in [2.45, 2.75) is 4.90 Å². The van der Waals surface area contributed by atoms with Gasteiger partial charge in [-0.1, -0.05) is 62.2 Å². The summed E-state index contributed by atoms with van der Waals surface area (Å²) in [6.07, 6.45) is 0. The second kappa shape index (κ2) is 9.92. The minimum atomic E-state index is -3.96. The zero-order chi connectivity index (χ0) is 23.8. The highest BCUT2D eigenvalue weighted by Gasteiger charge is 2.30. The fraction of sp³-hybridized carbons (Fsp3) is 0.167. The molecule has 1 heterocycles. The number of fused-ring (bicyclic) bond motifs is 1. The number of aromatic nitrogens is 1. The molecule has 0 bridgehead atoms. The summed E-state index contributed by atoms with van der Waals surface area (Å²) < 4.78 is 38.0. The number of rotatable bonds is 7. The standard InChI is InChI=1S/C24H21Br3N2O3S/c1-28(2)12-13-32-24-20-14-18(26)15-21(27)23(20)29(22(24)16-6-4-3-5-7-16)33(30,31)19-10-8-17(25)9-11-19/h3-11,14-15H,12-13H2,1-2H3. The monoisotopic (exact) mass is 654 g/mol. The SMILES string of the molecule is CN(C)CCOc1c(-c2ccccc2)n(S(=O)(=O)c2ccc(Br)cc2)c2c(Br)cc(Br)cc12. The van der Waals surface area contributed by atoms with Crippen molar-refractivity contribution in [1.82, 2.24) is 8.87 Å². The van der Waals surface area contributed by atoms with E-state index in [1.165, 1.54) is 3.97 Å². The first-order valence-corrected chi connectivity index (χ1v) is 13.9. The van der Waals surface area contributed by atoms with Crippen LogP contribution in [0, 0.1) is 0 Å². The molecule has 4 aromatic rings. The van der Waals surface area contributed by atoms with Gasteiger partial charge in [-0.3, -0.25) is 0 Å². The smallest absolute Gasteiger partial charge is 0.268 e. The Bertz CT molecular complexity index is 1400. The maximum Gasteiger partial charge on any atom is 0.268 e. The Hall–Kier alpha value is -1.65. The largest absolute Gasteiger partial charge is 0.489 e. The molecule has 0 aliphatic rings. The molecule has 0 radical (unpaired) electrons. The van der Waals surface area contributed by atoms with Crippen LogP contribution in [0.2, 0.25) is 0 Å². The fourth-order valence-corrected chi connectivity index (χ4v) is 6.89. The number of hydrogen-bond acceptors (Lipinski definition) is 4. The predicted molar refractivity (Wildman–Crippen MR) is 144 cm³/mol. The highest BCUT2D eigenvalue weighted by Crippen LogP contribution is 2.45. The maximum atomic E-state index is 14.0. The highest BCUT2D eigenvalue weighted by atomic mass is 79.9. The van der Waals surface area contributed by atoms with Crippen LogP contribution in [0.3, 0.4) is 0 Å². The van der Waals surface area contributed by atoms with Gasteiger partial charge in [-0.2, -0.15) is 0 Å². The molecule has 1 aromatic heterocycles. The lowest BCUT2D eigenvalue weighted by atomic mass is 10.1. The second-order valence-corrected chi connectivity index (χ2v) is 12.2. The number of likely N-dealkylation sites (N-methyl/N-ethyl adjacent to an activating group) is 1. The first-order chi connectivity index (χ1) is 15.7. The topological polar surface area (TPSA) is 51.5 Å². The van der Waals surface area contributed by atoms with Crippen LogP contribution in [0.1, 0.15) is 0 Å². The molecule has 0 saturated carbocycles. The molecule has 0 aliphatic carbocycles. The van der Waals surface area contributed by atoms with Gasteiger partial charge in [-0.15, -0.1) is 0 Å². The van der Waals surface area contributed by atoms with Gasteiger partial charge in [-0.25, -0.2) is 12.4 Å². The lowest BCUT2D eigenvalue weighted by Gasteiger charge is -2.15. The van der Waals surface area contributed by atoms with E-state index >= 15 is 0 Å². The van der Waals surface area contributed by atoms with Crippen molar-refractivity contribution in [3.63, 3.8) is 0 Å². The molecular formula is C24H21Br3N2O3S. The van der Waals surface area contributed by atoms with E-state index in [2.05, 4.69) is 47.8 Å². The van der Waals surface area contributed by atoms with Crippen LogP contribution in [-0.4, -0.2) is 44.5 Å². The third-order valence-corrected chi connectivity index (χ3v) is 8.38. The molecule has 0 N–H and O–H groups in total. The Labute approximate surface area is 218 Å². The van der Waals surface area contributed by atoms with Crippen LogP contribution >= 0.6 is 47.8 Å². The molecule has 0 saturated heterocycles. The van der Waals surface area contributed by atoms with Gasteiger partial charge in [0.1, 0.15) is 12.3 Å². The molecular weight excluding hydrogens is 636 g/mol. The molecule has 5 nitrogen and oxygen atoms in total. The summed E-state index contributed by atoms with van der Waals surface area (Å²) in [6, 6.07) is 19.8. The molecule has 3 aromatic carbocycles. The first kappa shape index (κ1) is 24.5. The molecule has 4 rings (SSSR count). The summed E-state index contributed by atoms with van der Waals surface area (Å²) in [7, 11) is -0.0206. The molecule has 0 atom stereocenters. The predicted octanol–water partition coefficient (Wildman–Crippen LogP) is 6.77. The van der Waals surface area contributed by atoms with E-state index in [9.17, 15) is 8.42 Å². The third kappa shape index (κ3) is 4.93. The lowest BCUT2D eigenvalue weighted by molar-refractivity contribution is 0.264. The van der Waals surface area contributed by atoms with E-state index < -0.39 is 10.0 Å². The van der Waals surface area contributed by atoms with Gasteiger partial charge >= 0.3 is 0 Å². The summed E-state index contributed by atoms with van der Waals surface area (Å²) >= 11 is 10.5. The van der Waals surface area contributed by atoms with Crippen molar-refractivity contribution in [2.75, 3.05) is 27.2 Å². The van der Waals surface area contributed by atoms with Gasteiger partial charge in [0, 0.05) is 30.9 Å². The average Bonchev–Trinajstić information content (AvgIpc) is 3.10. The van der Waals surface area contributed by atoms with Gasteiger partial charge in [0.05, 0.1) is 10.4 Å². The first-order valence-electron chi connectivity index (χ1n) is 10.1. The van der Waals surface area contributed by atoms with Crippen molar-refractivity contribution in [2.24, 2.45) is 0 Å². The molecule has 33 heavy (non-hydrogen) atoms. The normalized spacial score (nSPS) is 11.9. The zero-order valence-electron chi connectivity index (χ0n) is 17.9. The van der Waals surface area contributed by atoms with Crippen molar-refractivity contribution in [3.05, 3.63) is 80.1 Å². The summed E-state index contributed by atoms with van der Waals surface area (Å²) in [5.74, 6) is 0.528. The number of ether oxygens (including phenoxy) is 1. The summed E-state index contributed by atoms with van der Waals surface area (Å²) in [4.78, 5) is 2.21. The Balaban J connectivity index is 2.09. The van der Waals surface area contributed by atoms with Crippen LogP contribution in [0.15, 0.2) is 85.0 Å². The Morgan fingerprint density at radius 2 is 1.58 bits per heavy atom. The molecule has 0 spiro atoms. The van der Waals surface area contributed by atoms with Crippen molar-refractivity contribution in [1.29, 1.82) is 0 Å². The minimum Gasteiger partial charge on any atom is -0.489 e. The van der Waals surface area contributed by atoms with Crippen LogP contribution in [0.25, 0.3) is 22.2 Å². The van der Waals surface area contributed by atoms with Crippen LogP contribution in [-0.2, 0) is 10.0 Å². The van der Waals surface area contributed by atoms with Gasteiger partial charge in [-0.05, 0) is 66.4 Å². The average molecular weight is 657 g/mol. The van der Waals surface area contributed by atoms with Gasteiger partial charge < -0.3 is 9.64 Å². The van der Waals surface area contributed by atoms with Gasteiger partial charge in [0.2, 0.25) is 0 Å². The quantitative estimate of drug-likeness (QED) is 0.220. The minimum absolute atomic E-state index is 0.189. The Kier molecular flexibility index (Phi) is 7.35. The molecule has 172 valence electrons. The number of nitrogens with zero attached hydrogens (tertiary/aromatic N) is 2. The molecule has 0 unspecified atom stereocenters. The number of halogens is 3. The Morgan fingerprint density at radius 1 is 0.909 bits per heavy atom. The van der Waals surface area contributed by atoms with Crippen molar-refractivity contribution < 1.29 is 13.2 Å². The molecule has 0 aliphatic heterocycles. The number of benzene rings is 3. The lowest BCUT2D eigenvalue weighted by Crippen LogP contribution is -2.19. The van der Waals surface area contributed by atoms with E-state index in [1.807, 2.05) is 61.5 Å². The summed E-state index contributed by atoms with van der Waals surface area (Å²) in [6.45, 7) is 1.10. The fourth-order valence-electron chi connectivity index (χ4n) is 3.55. The van der Waals surface area contributed by atoms with Crippen molar-refractivity contribution >= 4 is 68.7 Å². The highest BCUT2D eigenvalue weighted by molar-refractivity contribution is 9.11. The van der Waals surface area contributed by atoms with E-state index in [0.717, 1.165) is 14.5 Å². The second-order valence-electron chi connectivity index (χ2n) is 7.70. The van der Waals surface area contributed by atoms with E-state index in [4.69, 9.17) is 4.74 Å². The summed E-state index contributed by atoms with van der Waals surface area (Å²) in [5.41, 5.74) is 1.77. The third-order valence-electron chi connectivity index (χ3n) is 5.08.